The lowest BCUT2D eigenvalue weighted by molar-refractivity contribution is -0.148. The van der Waals surface area contributed by atoms with Crippen LogP contribution in [0.5, 0.6) is 0 Å². The van der Waals surface area contributed by atoms with Gasteiger partial charge in [0.05, 0.1) is 18.4 Å². The largest absolute Gasteiger partial charge is 0.481 e. The monoisotopic (exact) mass is 697 g/mol. The quantitative estimate of drug-likeness (QED) is 0.0421. The number of unbranched alkanes of at least 4 members (excludes halogenated alkanes) is 12. The zero-order valence-corrected chi connectivity index (χ0v) is 33.4. The molecule has 0 rings (SSSR count). The first kappa shape index (κ1) is 49.5. The van der Waals surface area contributed by atoms with Gasteiger partial charge in [0.2, 0.25) is 0 Å². The smallest absolute Gasteiger partial charge is 0.308 e. The number of hydrogen-bond donors (Lipinski definition) is 1. The predicted molar refractivity (Wildman–Crippen MR) is 220 cm³/mol. The molecular weight excluding hydrogens is 617 g/mol. The van der Waals surface area contributed by atoms with E-state index >= 15 is 0 Å². The summed E-state index contributed by atoms with van der Waals surface area (Å²) >= 11 is 0. The van der Waals surface area contributed by atoms with E-state index in [0.29, 0.717) is 6.61 Å². The van der Waals surface area contributed by atoms with Crippen LogP contribution in [-0.4, -0.2) is 23.7 Å². The van der Waals surface area contributed by atoms with Gasteiger partial charge in [-0.3, -0.25) is 9.59 Å². The average molecular weight is 697 g/mol. The maximum atomic E-state index is 11.7. The minimum atomic E-state index is -0.628. The molecule has 0 aliphatic carbocycles. The van der Waals surface area contributed by atoms with E-state index in [1.807, 2.05) is 13.8 Å². The molecule has 4 heteroatoms. The number of carbonyl (C=O) groups is 2. The zero-order chi connectivity index (χ0) is 37.2. The van der Waals surface area contributed by atoms with Crippen molar-refractivity contribution in [3.63, 3.8) is 0 Å². The fourth-order valence-electron chi connectivity index (χ4n) is 5.62. The first-order valence-electron chi connectivity index (χ1n) is 20.8. The van der Waals surface area contributed by atoms with Crippen LogP contribution in [0.1, 0.15) is 189 Å². The van der Waals surface area contributed by atoms with Gasteiger partial charge in [-0.2, -0.15) is 0 Å². The van der Waals surface area contributed by atoms with Crippen LogP contribution in [0, 0.1) is 11.8 Å². The van der Waals surface area contributed by atoms with Gasteiger partial charge >= 0.3 is 11.9 Å². The van der Waals surface area contributed by atoms with Crippen LogP contribution in [0.15, 0.2) is 72.9 Å². The summed E-state index contributed by atoms with van der Waals surface area (Å²) in [6.07, 6.45) is 54.2. The molecule has 0 aromatic rings. The highest BCUT2D eigenvalue weighted by Crippen LogP contribution is 2.18. The molecule has 0 bridgehead atoms. The van der Waals surface area contributed by atoms with Crippen molar-refractivity contribution in [2.75, 3.05) is 6.61 Å². The number of ether oxygens (including phenoxy) is 1. The third kappa shape index (κ3) is 38.2. The van der Waals surface area contributed by atoms with Gasteiger partial charge in [-0.25, -0.2) is 0 Å². The Balaban J connectivity index is 0. The second-order valence-corrected chi connectivity index (χ2v) is 13.3. The molecule has 0 heterocycles. The average Bonchev–Trinajstić information content (AvgIpc) is 3.11. The van der Waals surface area contributed by atoms with Crippen molar-refractivity contribution < 1.29 is 19.4 Å². The molecule has 288 valence electrons. The first-order chi connectivity index (χ1) is 24.5. The lowest BCUT2D eigenvalue weighted by Gasteiger charge is -2.12. The van der Waals surface area contributed by atoms with E-state index in [1.165, 1.54) is 77.0 Å². The van der Waals surface area contributed by atoms with Gasteiger partial charge in [-0.15, -0.1) is 0 Å². The van der Waals surface area contributed by atoms with Crippen molar-refractivity contribution in [3.8, 4) is 0 Å². The summed E-state index contributed by atoms with van der Waals surface area (Å²) in [6.45, 7) is 10.7. The van der Waals surface area contributed by atoms with Gasteiger partial charge in [0.25, 0.3) is 0 Å². The summed E-state index contributed by atoms with van der Waals surface area (Å²) in [7, 11) is 0. The van der Waals surface area contributed by atoms with Gasteiger partial charge in [0.15, 0.2) is 0 Å². The number of carboxylic acid groups (broad SMARTS) is 1. The number of esters is 1. The van der Waals surface area contributed by atoms with E-state index in [4.69, 9.17) is 9.84 Å². The first-order valence-corrected chi connectivity index (χ1v) is 20.8. The fraction of sp³-hybridized carbons (Fsp3) is 0.696. The predicted octanol–water partition coefficient (Wildman–Crippen LogP) is 14.6. The van der Waals surface area contributed by atoms with E-state index in [2.05, 4.69) is 93.7 Å². The number of rotatable bonds is 33. The summed E-state index contributed by atoms with van der Waals surface area (Å²) in [4.78, 5) is 22.6. The molecule has 50 heavy (non-hydrogen) atoms. The van der Waals surface area contributed by atoms with E-state index < -0.39 is 5.97 Å². The summed E-state index contributed by atoms with van der Waals surface area (Å²) < 4.78 is 5.12. The standard InChI is InChI=1S/C24H42O2.C22H38O2/c1-4-7-8-9-10-11-12-13-14-15-16-17-18-19-20-21-22-23(5-2)24(25)26-6-3;1-3-5-6-7-8-9-10-11-12-13-14-15-16-17-18-19-20-21(4-2)22(23)24/h7-8,10-11,13-14,23H,4-6,9,12,15-22H2,1-3H3;5-6,8-9,11-12,21H,3-4,7,10,13-20H2,1-2H3,(H,23,24)/b8-7-,11-10-,14-13-;6-5-,9-8-,12-11-. The van der Waals surface area contributed by atoms with Gasteiger partial charge in [-0.1, -0.05) is 165 Å². The van der Waals surface area contributed by atoms with E-state index in [9.17, 15) is 9.59 Å². The summed E-state index contributed by atoms with van der Waals surface area (Å²) in [5, 5.41) is 8.99. The molecule has 0 saturated carbocycles. The molecular formula is C46H80O4. The van der Waals surface area contributed by atoms with Gasteiger partial charge in [0.1, 0.15) is 0 Å². The third-order valence-electron chi connectivity index (χ3n) is 8.86. The number of carbonyl (C=O) groups excluding carboxylic acids is 1. The number of allylic oxidation sites excluding steroid dienone is 12. The van der Waals surface area contributed by atoms with Crippen molar-refractivity contribution in [3.05, 3.63) is 72.9 Å². The molecule has 0 aliphatic heterocycles. The van der Waals surface area contributed by atoms with Crippen LogP contribution < -0.4 is 0 Å². The third-order valence-corrected chi connectivity index (χ3v) is 8.86. The van der Waals surface area contributed by atoms with Crippen molar-refractivity contribution in [1.82, 2.24) is 0 Å². The fourth-order valence-corrected chi connectivity index (χ4v) is 5.62. The lowest BCUT2D eigenvalue weighted by atomic mass is 9.98. The minimum absolute atomic E-state index is 0.00550. The molecule has 0 saturated heterocycles. The Bertz CT molecular complexity index is 907. The molecule has 0 aromatic heterocycles. The van der Waals surface area contributed by atoms with Gasteiger partial charge in [0, 0.05) is 0 Å². The Hall–Kier alpha value is -2.62. The molecule has 1 N–H and O–H groups in total. The molecule has 0 aliphatic rings. The molecule has 0 spiro atoms. The Morgan fingerprint density at radius 2 is 0.800 bits per heavy atom. The molecule has 2 atom stereocenters. The van der Waals surface area contributed by atoms with Crippen molar-refractivity contribution >= 4 is 11.9 Å². The van der Waals surface area contributed by atoms with Gasteiger partial charge < -0.3 is 9.84 Å². The summed E-state index contributed by atoms with van der Waals surface area (Å²) in [5.41, 5.74) is 0. The number of carboxylic acids is 1. The van der Waals surface area contributed by atoms with Crippen LogP contribution in [-0.2, 0) is 14.3 Å². The Kier molecular flexibility index (Phi) is 42.1. The van der Waals surface area contributed by atoms with Crippen LogP contribution in [0.4, 0.5) is 0 Å². The Morgan fingerprint density at radius 3 is 1.16 bits per heavy atom. The maximum absolute atomic E-state index is 11.7. The number of hydrogen-bond acceptors (Lipinski definition) is 3. The van der Waals surface area contributed by atoms with Crippen LogP contribution in [0.2, 0.25) is 0 Å². The van der Waals surface area contributed by atoms with Crippen LogP contribution >= 0.6 is 0 Å². The zero-order valence-electron chi connectivity index (χ0n) is 33.4. The molecule has 2 unspecified atom stereocenters. The molecule has 4 nitrogen and oxygen atoms in total. The highest BCUT2D eigenvalue weighted by molar-refractivity contribution is 5.72. The van der Waals surface area contributed by atoms with E-state index in [0.717, 1.165) is 77.0 Å². The van der Waals surface area contributed by atoms with Crippen LogP contribution in [0.3, 0.4) is 0 Å². The van der Waals surface area contributed by atoms with Gasteiger partial charge in [-0.05, 0) is 96.8 Å². The minimum Gasteiger partial charge on any atom is -0.481 e. The Labute approximate surface area is 310 Å². The van der Waals surface area contributed by atoms with Crippen molar-refractivity contribution in [2.45, 2.75) is 189 Å². The second kappa shape index (κ2) is 42.5. The van der Waals surface area contributed by atoms with E-state index in [1.54, 1.807) is 0 Å². The van der Waals surface area contributed by atoms with Crippen molar-refractivity contribution in [1.29, 1.82) is 0 Å². The maximum Gasteiger partial charge on any atom is 0.308 e. The lowest BCUT2D eigenvalue weighted by Crippen LogP contribution is -2.16. The summed E-state index contributed by atoms with van der Waals surface area (Å²) in [6, 6.07) is 0. The van der Waals surface area contributed by atoms with Crippen LogP contribution in [0.25, 0.3) is 0 Å². The van der Waals surface area contributed by atoms with E-state index in [-0.39, 0.29) is 17.8 Å². The highest BCUT2D eigenvalue weighted by atomic mass is 16.5. The highest BCUT2D eigenvalue weighted by Gasteiger charge is 2.16. The molecule has 0 fully saturated rings. The molecule has 0 amide bonds. The molecule has 0 radical (unpaired) electrons. The Morgan fingerprint density at radius 1 is 0.460 bits per heavy atom. The van der Waals surface area contributed by atoms with Crippen molar-refractivity contribution in [2.24, 2.45) is 11.8 Å². The number of aliphatic carboxylic acids is 1. The molecule has 0 aromatic carbocycles. The second-order valence-electron chi connectivity index (χ2n) is 13.3. The normalized spacial score (nSPS) is 13.3. The summed E-state index contributed by atoms with van der Waals surface area (Å²) in [5.74, 6) is -0.658. The topological polar surface area (TPSA) is 63.6 Å². The SMILES string of the molecule is CC/C=C\C/C=C\C/C=C\CCCCCCCCC(CC)C(=O)O.CC/C=C\C/C=C\C/C=C\CCCCCCCCC(CC)C(=O)OCC.